The van der Waals surface area contributed by atoms with Crippen LogP contribution in [0, 0.1) is 6.92 Å². The minimum Gasteiger partial charge on any atom is -0.383 e. The number of aryl methyl sites for hydroxylation is 2. The van der Waals surface area contributed by atoms with Crippen molar-refractivity contribution in [3.8, 4) is 0 Å². The van der Waals surface area contributed by atoms with Crippen LogP contribution in [-0.4, -0.2) is 25.2 Å². The Hall–Kier alpha value is -2.02. The van der Waals surface area contributed by atoms with Gasteiger partial charge in [-0.2, -0.15) is 5.10 Å². The molecule has 1 aliphatic rings. The molecule has 7 heteroatoms. The normalized spacial score (nSPS) is 14.4. The fourth-order valence-corrected chi connectivity index (χ4v) is 3.61. The number of para-hydroxylation sites is 1. The molecule has 0 fully saturated rings. The lowest BCUT2D eigenvalue weighted by Gasteiger charge is -2.21. The summed E-state index contributed by atoms with van der Waals surface area (Å²) in [6, 6.07) is 5.65. The monoisotopic (exact) mass is 292 g/mol. The first-order chi connectivity index (χ1) is 9.58. The van der Waals surface area contributed by atoms with Gasteiger partial charge < -0.3 is 5.32 Å². The van der Waals surface area contributed by atoms with Crippen molar-refractivity contribution in [2.45, 2.75) is 24.7 Å². The molecule has 1 aliphatic heterocycles. The molecule has 106 valence electrons. The number of aromatic nitrogens is 2. The van der Waals surface area contributed by atoms with Gasteiger partial charge in [0.25, 0.3) is 10.0 Å². The molecule has 2 aromatic rings. The van der Waals surface area contributed by atoms with E-state index in [1.807, 2.05) is 12.1 Å². The Kier molecular flexibility index (Phi) is 3.13. The molecule has 0 saturated heterocycles. The molecular weight excluding hydrogens is 276 g/mol. The summed E-state index contributed by atoms with van der Waals surface area (Å²) in [5, 5.41) is 9.66. The largest absolute Gasteiger partial charge is 0.383 e. The number of hydrogen-bond donors (Lipinski definition) is 3. The molecule has 0 unspecified atom stereocenters. The fraction of sp³-hybridized carbons (Fsp3) is 0.308. The fourth-order valence-electron chi connectivity index (χ4n) is 2.40. The highest BCUT2D eigenvalue weighted by Crippen LogP contribution is 2.31. The summed E-state index contributed by atoms with van der Waals surface area (Å²) in [6.07, 6.45) is 3.34. The Balaban J connectivity index is 1.98. The van der Waals surface area contributed by atoms with Crippen LogP contribution in [0.3, 0.4) is 0 Å². The van der Waals surface area contributed by atoms with Crippen molar-refractivity contribution in [2.24, 2.45) is 0 Å². The zero-order valence-corrected chi connectivity index (χ0v) is 11.9. The van der Waals surface area contributed by atoms with Crippen LogP contribution in [0.15, 0.2) is 29.3 Å². The summed E-state index contributed by atoms with van der Waals surface area (Å²) in [6.45, 7) is 2.54. The Bertz CT molecular complexity index is 737. The Labute approximate surface area is 117 Å². The van der Waals surface area contributed by atoms with Crippen LogP contribution in [0.2, 0.25) is 0 Å². The van der Waals surface area contributed by atoms with Crippen molar-refractivity contribution in [1.82, 2.24) is 10.2 Å². The average molecular weight is 292 g/mol. The van der Waals surface area contributed by atoms with Crippen LogP contribution in [0.5, 0.6) is 0 Å². The van der Waals surface area contributed by atoms with Gasteiger partial charge >= 0.3 is 0 Å². The lowest BCUT2D eigenvalue weighted by atomic mass is 10.0. The van der Waals surface area contributed by atoms with Gasteiger partial charge in [-0.15, -0.1) is 0 Å². The average Bonchev–Trinajstić information content (AvgIpc) is 2.86. The molecule has 0 spiro atoms. The molecule has 0 amide bonds. The van der Waals surface area contributed by atoms with Gasteiger partial charge in [-0.1, -0.05) is 12.1 Å². The molecule has 0 aliphatic carbocycles. The summed E-state index contributed by atoms with van der Waals surface area (Å²) in [4.78, 5) is 0.172. The minimum absolute atomic E-state index is 0.172. The van der Waals surface area contributed by atoms with E-state index in [-0.39, 0.29) is 4.90 Å². The molecular formula is C13H16N4O2S. The number of H-pyrrole nitrogens is 1. The SMILES string of the molecule is Cc1[nH]ncc1S(=O)(=O)Nc1cccc2c1NCCC2. The Morgan fingerprint density at radius 2 is 2.20 bits per heavy atom. The summed E-state index contributed by atoms with van der Waals surface area (Å²) in [7, 11) is -3.62. The smallest absolute Gasteiger partial charge is 0.265 e. The van der Waals surface area contributed by atoms with E-state index in [1.54, 1.807) is 13.0 Å². The number of aromatic amines is 1. The molecule has 1 aromatic carbocycles. The highest BCUT2D eigenvalue weighted by molar-refractivity contribution is 7.92. The van der Waals surface area contributed by atoms with Gasteiger partial charge in [0, 0.05) is 6.54 Å². The molecule has 0 atom stereocenters. The first-order valence-electron chi connectivity index (χ1n) is 6.46. The van der Waals surface area contributed by atoms with Gasteiger partial charge in [-0.25, -0.2) is 8.42 Å². The third-order valence-corrected chi connectivity index (χ3v) is 4.87. The third-order valence-electron chi connectivity index (χ3n) is 3.39. The molecule has 6 nitrogen and oxygen atoms in total. The predicted molar refractivity (Wildman–Crippen MR) is 77.4 cm³/mol. The quantitative estimate of drug-likeness (QED) is 0.806. The van der Waals surface area contributed by atoms with E-state index in [0.29, 0.717) is 11.4 Å². The van der Waals surface area contributed by atoms with Gasteiger partial charge in [0.15, 0.2) is 0 Å². The zero-order valence-electron chi connectivity index (χ0n) is 11.1. The van der Waals surface area contributed by atoms with Crippen molar-refractivity contribution in [3.05, 3.63) is 35.7 Å². The lowest BCUT2D eigenvalue weighted by Crippen LogP contribution is -2.18. The first kappa shape index (κ1) is 13.0. The van der Waals surface area contributed by atoms with Gasteiger partial charge in [-0.3, -0.25) is 9.82 Å². The van der Waals surface area contributed by atoms with Crippen molar-refractivity contribution in [3.63, 3.8) is 0 Å². The molecule has 0 saturated carbocycles. The standard InChI is InChI=1S/C13H16N4O2S/c1-9-12(8-15-16-9)20(18,19)17-11-6-2-4-10-5-3-7-14-13(10)11/h2,4,6,8,14,17H,3,5,7H2,1H3,(H,15,16). The molecule has 20 heavy (non-hydrogen) atoms. The van der Waals surface area contributed by atoms with Crippen LogP contribution >= 0.6 is 0 Å². The number of rotatable bonds is 3. The highest BCUT2D eigenvalue weighted by Gasteiger charge is 2.21. The second-order valence-electron chi connectivity index (χ2n) is 4.83. The number of sulfonamides is 1. The third kappa shape index (κ3) is 2.24. The number of hydrogen-bond acceptors (Lipinski definition) is 4. The summed E-state index contributed by atoms with van der Waals surface area (Å²) >= 11 is 0. The summed E-state index contributed by atoms with van der Waals surface area (Å²) in [5.41, 5.74) is 3.13. The predicted octanol–water partition coefficient (Wildman–Crippen LogP) is 1.88. The minimum atomic E-state index is -3.62. The second-order valence-corrected chi connectivity index (χ2v) is 6.49. The Morgan fingerprint density at radius 1 is 1.35 bits per heavy atom. The van der Waals surface area contributed by atoms with E-state index in [9.17, 15) is 8.42 Å². The first-order valence-corrected chi connectivity index (χ1v) is 7.95. The van der Waals surface area contributed by atoms with Gasteiger partial charge in [0.2, 0.25) is 0 Å². The maximum Gasteiger partial charge on any atom is 0.265 e. The van der Waals surface area contributed by atoms with Crippen molar-refractivity contribution in [1.29, 1.82) is 0 Å². The van der Waals surface area contributed by atoms with E-state index in [4.69, 9.17) is 0 Å². The molecule has 1 aromatic heterocycles. The number of anilines is 2. The topological polar surface area (TPSA) is 86.9 Å². The van der Waals surface area contributed by atoms with Crippen LogP contribution in [0.1, 0.15) is 17.7 Å². The van der Waals surface area contributed by atoms with E-state index in [0.717, 1.165) is 30.6 Å². The highest BCUT2D eigenvalue weighted by atomic mass is 32.2. The molecule has 2 heterocycles. The lowest BCUT2D eigenvalue weighted by molar-refractivity contribution is 0.600. The van der Waals surface area contributed by atoms with Crippen LogP contribution in [0.25, 0.3) is 0 Å². The maximum absolute atomic E-state index is 12.4. The van der Waals surface area contributed by atoms with E-state index < -0.39 is 10.0 Å². The Morgan fingerprint density at radius 3 is 2.95 bits per heavy atom. The van der Waals surface area contributed by atoms with E-state index in [1.165, 1.54) is 6.20 Å². The number of fused-ring (bicyclic) bond motifs is 1. The molecule has 3 rings (SSSR count). The van der Waals surface area contributed by atoms with E-state index >= 15 is 0 Å². The van der Waals surface area contributed by atoms with Gasteiger partial charge in [0.05, 0.1) is 23.3 Å². The van der Waals surface area contributed by atoms with Crippen molar-refractivity contribution >= 4 is 21.4 Å². The molecule has 0 radical (unpaired) electrons. The maximum atomic E-state index is 12.4. The van der Waals surface area contributed by atoms with Crippen molar-refractivity contribution in [2.75, 3.05) is 16.6 Å². The molecule has 0 bridgehead atoms. The molecule has 3 N–H and O–H groups in total. The zero-order chi connectivity index (χ0) is 14.2. The summed E-state index contributed by atoms with van der Waals surface area (Å²) < 4.78 is 27.4. The van der Waals surface area contributed by atoms with Crippen LogP contribution < -0.4 is 10.0 Å². The van der Waals surface area contributed by atoms with Crippen molar-refractivity contribution < 1.29 is 8.42 Å². The number of benzene rings is 1. The van der Waals surface area contributed by atoms with Crippen LogP contribution in [0.4, 0.5) is 11.4 Å². The van der Waals surface area contributed by atoms with E-state index in [2.05, 4.69) is 20.2 Å². The van der Waals surface area contributed by atoms with Gasteiger partial charge in [-0.05, 0) is 31.4 Å². The van der Waals surface area contributed by atoms with Gasteiger partial charge in [0.1, 0.15) is 4.90 Å². The number of nitrogens with one attached hydrogen (secondary N) is 3. The number of nitrogens with zero attached hydrogens (tertiary/aromatic N) is 1. The summed E-state index contributed by atoms with van der Waals surface area (Å²) in [5.74, 6) is 0. The second kappa shape index (κ2) is 4.82. The van der Waals surface area contributed by atoms with Crippen LogP contribution in [-0.2, 0) is 16.4 Å².